The van der Waals surface area contributed by atoms with Crippen molar-refractivity contribution < 1.29 is 0 Å². The van der Waals surface area contributed by atoms with Gasteiger partial charge in [-0.3, -0.25) is 0 Å². The fraction of sp³-hybridized carbons (Fsp3) is 0.379. The number of hydrogen-bond acceptors (Lipinski definition) is 1. The molecular weight excluding hydrogens is 1100 g/mol. The minimum absolute atomic E-state index is 0.00301. The van der Waals surface area contributed by atoms with Gasteiger partial charge in [-0.05, 0) is 198 Å². The van der Waals surface area contributed by atoms with Gasteiger partial charge in [0.2, 0.25) is 0 Å². The highest BCUT2D eigenvalue weighted by Gasteiger charge is 2.55. The van der Waals surface area contributed by atoms with E-state index in [-0.39, 0.29) is 50.0 Å². The van der Waals surface area contributed by atoms with Crippen molar-refractivity contribution in [3.63, 3.8) is 0 Å². The topological polar surface area (TPSA) is 13.1 Å². The molecule has 1 spiro atoms. The molecule has 3 nitrogen and oxygen atoms in total. The van der Waals surface area contributed by atoms with Crippen LogP contribution in [-0.2, 0) is 48.7 Å². The molecular formula is C87H96BN3. The van der Waals surface area contributed by atoms with Crippen LogP contribution in [0.2, 0.25) is 0 Å². The maximum Gasteiger partial charge on any atom is 0.252 e. The zero-order valence-corrected chi connectivity index (χ0v) is 59.3. The summed E-state index contributed by atoms with van der Waals surface area (Å²) in [6, 6.07) is 60.5. The molecule has 0 amide bonds. The monoisotopic (exact) mass is 1190 g/mol. The van der Waals surface area contributed by atoms with Gasteiger partial charge in [0.25, 0.3) is 6.71 Å². The molecule has 462 valence electrons. The van der Waals surface area contributed by atoms with Crippen LogP contribution in [0.4, 0.5) is 17.1 Å². The Morgan fingerprint density at radius 1 is 0.319 bits per heavy atom. The largest absolute Gasteiger partial charge is 0.310 e. The first-order chi connectivity index (χ1) is 42.2. The highest BCUT2D eigenvalue weighted by atomic mass is 15.2. The van der Waals surface area contributed by atoms with Crippen molar-refractivity contribution in [2.75, 3.05) is 4.90 Å². The third-order valence-electron chi connectivity index (χ3n) is 21.9. The van der Waals surface area contributed by atoms with E-state index in [0.717, 1.165) is 5.69 Å². The molecule has 4 heteroatoms. The molecule has 4 aliphatic rings. The van der Waals surface area contributed by atoms with Crippen LogP contribution >= 0.6 is 0 Å². The van der Waals surface area contributed by atoms with Gasteiger partial charge in [0.15, 0.2) is 0 Å². The maximum absolute atomic E-state index is 2.82. The van der Waals surface area contributed by atoms with Crippen molar-refractivity contribution >= 4 is 83.8 Å². The van der Waals surface area contributed by atoms with E-state index in [1.54, 1.807) is 0 Å². The van der Waals surface area contributed by atoms with Gasteiger partial charge in [0, 0.05) is 49.8 Å². The first-order valence-electron chi connectivity index (χ1n) is 34.0. The summed E-state index contributed by atoms with van der Waals surface area (Å²) < 4.78 is 5.56. The molecule has 0 saturated carbocycles. The van der Waals surface area contributed by atoms with Crippen molar-refractivity contribution in [2.45, 2.75) is 215 Å². The number of fused-ring (bicyclic) bond motifs is 14. The normalized spacial score (nSPS) is 15.1. The Balaban J connectivity index is 1.15. The molecule has 5 heterocycles. The summed E-state index contributed by atoms with van der Waals surface area (Å²) in [5.41, 5.74) is 33.4. The van der Waals surface area contributed by atoms with E-state index < -0.39 is 5.41 Å². The molecule has 11 aromatic rings. The molecule has 9 aromatic carbocycles. The number of nitrogens with zero attached hydrogens (tertiary/aromatic N) is 3. The molecule has 0 atom stereocenters. The van der Waals surface area contributed by atoms with E-state index in [2.05, 4.69) is 326 Å². The van der Waals surface area contributed by atoms with Crippen LogP contribution in [0.3, 0.4) is 0 Å². The standard InChI is InChI=1S/C87H96BN3/c1-79(2,3)49-25-30-57(31-26-49)89(58-40-53(83(13,14)15)39-54(41-58)84(16,17)18)71-38-35-68-78-73(71)63-42-50(80(4,5)6)29-36-70(63)90(78)72-37-34-64-77-74(72)88(68)69-48-56(86(22,23)24)44-62-61-43-55(85(19,20)21)47-67(75(61)91(77)76(62)69)87(64)65-45-51(81(7,8)9)27-32-59(65)60-33-28-52(46-66(60)87)82(10,11)12/h25-48H,1-24H3. The summed E-state index contributed by atoms with van der Waals surface area (Å²) in [7, 11) is 0. The SMILES string of the molecule is CC(C)(C)c1ccc(N(c2cc(C(C)(C)C)cc(C(C)(C)C)c2)c2ccc3c4c2c2cc(C(C)(C)C)ccc2n4-c2ccc4c5c2B3c2cc(C(C)(C)C)cc3c6cc(C(C)(C)C)cc(c6n-5c23)C42c3cc(C(C)(C)C)ccc3-c3ccc(C(C)(C)C)cc32)cc1. The van der Waals surface area contributed by atoms with E-state index in [9.17, 15) is 0 Å². The number of anilines is 3. The van der Waals surface area contributed by atoms with Crippen LogP contribution in [0, 0.1) is 0 Å². The van der Waals surface area contributed by atoms with E-state index >= 15 is 0 Å². The molecule has 0 bridgehead atoms. The Labute approximate surface area is 544 Å². The lowest BCUT2D eigenvalue weighted by atomic mass is 9.33. The second-order valence-corrected chi connectivity index (χ2v) is 36.4. The Morgan fingerprint density at radius 2 is 0.769 bits per heavy atom. The summed E-state index contributed by atoms with van der Waals surface area (Å²) in [5.74, 6) is 0. The van der Waals surface area contributed by atoms with Crippen LogP contribution in [0.15, 0.2) is 146 Å². The van der Waals surface area contributed by atoms with Crippen molar-refractivity contribution in [2.24, 2.45) is 0 Å². The van der Waals surface area contributed by atoms with Crippen LogP contribution in [0.1, 0.15) is 233 Å². The lowest BCUT2D eigenvalue weighted by Gasteiger charge is -2.45. The van der Waals surface area contributed by atoms with Gasteiger partial charge in [-0.15, -0.1) is 0 Å². The number of aromatic nitrogens is 2. The predicted molar refractivity (Wildman–Crippen MR) is 395 cm³/mol. The van der Waals surface area contributed by atoms with E-state index in [1.807, 2.05) is 0 Å². The third-order valence-corrected chi connectivity index (χ3v) is 21.9. The van der Waals surface area contributed by atoms with Crippen molar-refractivity contribution in [3.8, 4) is 22.5 Å². The zero-order chi connectivity index (χ0) is 65.1. The Bertz CT molecular complexity index is 4890. The third kappa shape index (κ3) is 8.44. The van der Waals surface area contributed by atoms with Crippen molar-refractivity contribution in [1.29, 1.82) is 0 Å². The first kappa shape index (κ1) is 59.7. The lowest BCUT2D eigenvalue weighted by Crippen LogP contribution is -2.60. The molecule has 2 aromatic heterocycles. The Morgan fingerprint density at radius 3 is 1.30 bits per heavy atom. The summed E-state index contributed by atoms with van der Waals surface area (Å²) in [6.45, 7) is 57.2. The summed E-state index contributed by atoms with van der Waals surface area (Å²) >= 11 is 0. The summed E-state index contributed by atoms with van der Waals surface area (Å²) in [6.07, 6.45) is 0. The van der Waals surface area contributed by atoms with E-state index in [1.165, 1.54) is 161 Å². The molecule has 1 aliphatic carbocycles. The van der Waals surface area contributed by atoms with Crippen LogP contribution in [0.5, 0.6) is 0 Å². The molecule has 0 saturated heterocycles. The minimum atomic E-state index is -0.646. The van der Waals surface area contributed by atoms with Crippen LogP contribution in [-0.4, -0.2) is 15.8 Å². The number of benzene rings is 9. The molecule has 0 N–H and O–H groups in total. The van der Waals surface area contributed by atoms with Gasteiger partial charge >= 0.3 is 0 Å². The Hall–Kier alpha value is -7.56. The molecule has 0 radical (unpaired) electrons. The van der Waals surface area contributed by atoms with Gasteiger partial charge in [0.05, 0.1) is 27.7 Å². The first-order valence-corrected chi connectivity index (χ1v) is 34.0. The molecule has 91 heavy (non-hydrogen) atoms. The van der Waals surface area contributed by atoms with Gasteiger partial charge in [-0.25, -0.2) is 0 Å². The fourth-order valence-corrected chi connectivity index (χ4v) is 16.4. The Kier molecular flexibility index (Phi) is 12.1. The van der Waals surface area contributed by atoms with Gasteiger partial charge < -0.3 is 14.0 Å². The number of rotatable bonds is 3. The molecule has 15 rings (SSSR count). The minimum Gasteiger partial charge on any atom is -0.310 e. The van der Waals surface area contributed by atoms with Gasteiger partial charge in [-0.2, -0.15) is 0 Å². The average Bonchev–Trinajstić information content (AvgIpc) is 1.53. The highest BCUT2D eigenvalue weighted by molar-refractivity contribution is 7.00. The predicted octanol–water partition coefficient (Wildman–Crippen LogP) is 21.6. The second-order valence-electron chi connectivity index (χ2n) is 36.4. The molecule has 3 aliphatic heterocycles. The highest BCUT2D eigenvalue weighted by Crippen LogP contribution is 2.63. The molecule has 0 fully saturated rings. The van der Waals surface area contributed by atoms with Crippen LogP contribution < -0.4 is 21.3 Å². The molecule has 0 unspecified atom stereocenters. The zero-order valence-electron chi connectivity index (χ0n) is 59.3. The smallest absolute Gasteiger partial charge is 0.252 e. The maximum atomic E-state index is 2.82. The summed E-state index contributed by atoms with van der Waals surface area (Å²) in [4.78, 5) is 2.63. The quantitative estimate of drug-likeness (QED) is 0.161. The average molecular weight is 1190 g/mol. The van der Waals surface area contributed by atoms with E-state index in [4.69, 9.17) is 0 Å². The summed E-state index contributed by atoms with van der Waals surface area (Å²) in [5, 5.41) is 5.31. The van der Waals surface area contributed by atoms with Crippen molar-refractivity contribution in [3.05, 3.63) is 212 Å². The van der Waals surface area contributed by atoms with Crippen LogP contribution in [0.25, 0.3) is 66.1 Å². The lowest BCUT2D eigenvalue weighted by molar-refractivity contribution is 0.568. The van der Waals surface area contributed by atoms with Gasteiger partial charge in [0.1, 0.15) is 0 Å². The second kappa shape index (κ2) is 18.4. The van der Waals surface area contributed by atoms with Gasteiger partial charge in [-0.1, -0.05) is 251 Å². The fourth-order valence-electron chi connectivity index (χ4n) is 16.4. The van der Waals surface area contributed by atoms with Crippen molar-refractivity contribution in [1.82, 2.24) is 9.13 Å². The number of hydrogen-bond donors (Lipinski definition) is 0. The van der Waals surface area contributed by atoms with E-state index in [0.29, 0.717) is 0 Å².